The number of amides is 10. The number of nitrogens with one attached hydrogen (secondary N) is 6. The van der Waals surface area contributed by atoms with E-state index in [0.717, 1.165) is 17.5 Å². The summed E-state index contributed by atoms with van der Waals surface area (Å²) < 4.78 is 27.2. The number of carbonyl (C=O) groups is 11. The van der Waals surface area contributed by atoms with Crippen LogP contribution in [-0.2, 0) is 70.5 Å². The highest BCUT2D eigenvalue weighted by atomic mass is 16.6. The molecule has 0 radical (unpaired) electrons. The number of ether oxygens (including phenoxy) is 5. The Morgan fingerprint density at radius 2 is 0.842 bits per heavy atom. The molecule has 0 aliphatic carbocycles. The Balaban J connectivity index is 0.00000197. The fraction of sp³-hybridized carbons (Fsp3) is 0.685. The van der Waals surface area contributed by atoms with E-state index in [9.17, 15) is 52.7 Å². The lowest BCUT2D eigenvalue weighted by atomic mass is 9.89. The lowest BCUT2D eigenvalue weighted by Crippen LogP contribution is -2.45. The summed E-state index contributed by atoms with van der Waals surface area (Å²) >= 11 is 0. The summed E-state index contributed by atoms with van der Waals surface area (Å²) in [6, 6.07) is 10.8. The number of benzene rings is 2. The number of carbonyl (C=O) groups excluding carboxylic acids is 11. The van der Waals surface area contributed by atoms with E-state index in [1.54, 1.807) is 83.4 Å². The van der Waals surface area contributed by atoms with Gasteiger partial charge in [-0.1, -0.05) is 73.2 Å². The highest BCUT2D eigenvalue weighted by Crippen LogP contribution is 2.23. The third kappa shape index (κ3) is 42.3. The summed E-state index contributed by atoms with van der Waals surface area (Å²) in [6.07, 6.45) is 1.73. The first-order chi connectivity index (χ1) is 47.0. The van der Waals surface area contributed by atoms with Crippen LogP contribution in [0, 0.1) is 23.7 Å². The number of primary amides is 2. The topological polar surface area (TPSA) is 371 Å². The number of nitrogens with zero attached hydrogens (tertiary/aromatic N) is 4. The van der Waals surface area contributed by atoms with Gasteiger partial charge in [0.15, 0.2) is 11.6 Å². The Bertz CT molecular complexity index is 2810. The number of ketones is 3. The molecule has 2 rings (SSSR count). The molecule has 28 heteroatoms. The molecule has 0 saturated carbocycles. The Morgan fingerprint density at radius 3 is 1.18 bits per heavy atom. The second-order valence-corrected chi connectivity index (χ2v) is 27.7. The molecule has 4 atom stereocenters. The van der Waals surface area contributed by atoms with Crippen LogP contribution in [-0.4, -0.2) is 215 Å². The molecule has 574 valence electrons. The standard InChI is InChI=1S/C38H66N6O9.C34H56N6O7.CH4/c1-9-20-50-22-24-52-25-23-51-21-16-33(46)42-34(28(2)3)32(45)26-30(11-10-17-40-36(39)48)35(47)41-31-14-12-29(13-15-31)27-53-37(49)43(7)18-19-44(8)38(4,5)6;1-9-27(41)16-17-29(43)38-30(23(2)3)28(42)21-25(11-10-18-36-32(35)45)31(44)37-26-14-12-24(13-15-26)22-47-33(46)39(7)19-20-40(8)34(4,5)6;/h12-15,28,30,34H,9-11,16-27H2,1-8H3,(H,41,47)(H,42,46)(H3,39,40,48);12-15,23,25,30H,9-11,16-22H2,1-8H3,(H,37,44)(H,38,43)(H3,35,36,45);1H4/t30-,34+;25-,30+;/m11./s1. The molecule has 2 aromatic rings. The van der Waals surface area contributed by atoms with Gasteiger partial charge in [-0.05, 0) is 135 Å². The van der Waals surface area contributed by atoms with Crippen molar-refractivity contribution in [2.75, 3.05) is 118 Å². The molecule has 0 aromatic heterocycles. The van der Waals surface area contributed by atoms with Crippen molar-refractivity contribution in [3.63, 3.8) is 0 Å². The number of nitrogens with two attached hydrogens (primary N) is 2. The van der Waals surface area contributed by atoms with Crippen LogP contribution in [0.15, 0.2) is 48.5 Å². The van der Waals surface area contributed by atoms with E-state index in [1.807, 2.05) is 34.9 Å². The molecule has 0 heterocycles. The fourth-order valence-corrected chi connectivity index (χ4v) is 9.34. The largest absolute Gasteiger partial charge is 0.445 e. The van der Waals surface area contributed by atoms with E-state index < -0.39 is 54.1 Å². The molecule has 0 saturated heterocycles. The predicted molar refractivity (Wildman–Crippen MR) is 393 cm³/mol. The maximum Gasteiger partial charge on any atom is 0.409 e. The van der Waals surface area contributed by atoms with Crippen LogP contribution in [0.2, 0.25) is 0 Å². The third-order valence-electron chi connectivity index (χ3n) is 16.6. The smallest absolute Gasteiger partial charge is 0.409 e. The fourth-order valence-electron chi connectivity index (χ4n) is 9.34. The number of urea groups is 2. The third-order valence-corrected chi connectivity index (χ3v) is 16.6. The van der Waals surface area contributed by atoms with E-state index >= 15 is 0 Å². The van der Waals surface area contributed by atoms with Crippen molar-refractivity contribution in [1.82, 2.24) is 40.9 Å². The number of hydrogen-bond donors (Lipinski definition) is 8. The summed E-state index contributed by atoms with van der Waals surface area (Å²) in [5, 5.41) is 16.3. The first-order valence-electron chi connectivity index (χ1n) is 34.9. The van der Waals surface area contributed by atoms with Crippen LogP contribution in [0.4, 0.5) is 30.6 Å². The lowest BCUT2D eigenvalue weighted by molar-refractivity contribution is -0.131. The second kappa shape index (κ2) is 50.5. The average Bonchev–Trinajstić information content (AvgIpc) is 0.881. The summed E-state index contributed by atoms with van der Waals surface area (Å²) in [5.74, 6) is -4.04. The molecule has 0 spiro atoms. The summed E-state index contributed by atoms with van der Waals surface area (Å²) in [7, 11) is 7.40. The van der Waals surface area contributed by atoms with E-state index in [4.69, 9.17) is 35.2 Å². The van der Waals surface area contributed by atoms with Crippen molar-refractivity contribution in [2.24, 2.45) is 35.1 Å². The quantitative estimate of drug-likeness (QED) is 0.0288. The van der Waals surface area contributed by atoms with Gasteiger partial charge in [-0.15, -0.1) is 0 Å². The average molecular weight is 1430 g/mol. The van der Waals surface area contributed by atoms with Crippen LogP contribution in [0.3, 0.4) is 0 Å². The predicted octanol–water partition coefficient (Wildman–Crippen LogP) is 8.42. The monoisotopic (exact) mass is 1430 g/mol. The number of likely N-dealkylation sites (N-methyl/N-ethyl adjacent to an activating group) is 4. The van der Waals surface area contributed by atoms with Gasteiger partial charge in [0, 0.05) is 133 Å². The minimum atomic E-state index is -0.821. The van der Waals surface area contributed by atoms with Gasteiger partial charge in [0.1, 0.15) is 19.0 Å². The Labute approximate surface area is 601 Å². The van der Waals surface area contributed by atoms with Gasteiger partial charge >= 0.3 is 24.2 Å². The Morgan fingerprint density at radius 1 is 0.485 bits per heavy atom. The number of Topliss-reactive ketones (excluding diaryl/α,β-unsaturated/α-hetero) is 3. The highest BCUT2D eigenvalue weighted by molar-refractivity contribution is 5.99. The van der Waals surface area contributed by atoms with Crippen molar-refractivity contribution in [2.45, 2.75) is 198 Å². The zero-order chi connectivity index (χ0) is 75.5. The van der Waals surface area contributed by atoms with Crippen LogP contribution in [0.25, 0.3) is 0 Å². The van der Waals surface area contributed by atoms with E-state index in [2.05, 4.69) is 83.2 Å². The lowest BCUT2D eigenvalue weighted by Gasteiger charge is -2.33. The molecular formula is C73H126N12O16. The van der Waals surface area contributed by atoms with Gasteiger partial charge in [-0.25, -0.2) is 19.2 Å². The highest BCUT2D eigenvalue weighted by Gasteiger charge is 2.32. The van der Waals surface area contributed by atoms with Crippen molar-refractivity contribution in [3.8, 4) is 0 Å². The van der Waals surface area contributed by atoms with E-state index in [1.165, 1.54) is 9.80 Å². The SMILES string of the molecule is C.CCC(=O)CCC(=O)N[C@H](C(=O)C[C@@H](CCCNC(N)=O)C(=O)Nc1ccc(COC(=O)N(C)CCN(C)C(C)(C)C)cc1)C(C)C.CCCOCCOCCOCCC(=O)N[C@H](C(=O)C[C@@H](CCCNC(N)=O)C(=O)Nc1ccc(COC(=O)N(C)CCN(C)C(C)(C)C)cc1)C(C)C. The first kappa shape index (κ1) is 93.2. The van der Waals surface area contributed by atoms with Gasteiger partial charge in [0.2, 0.25) is 23.6 Å². The molecular weight excluding hydrogens is 1300 g/mol. The molecule has 0 aliphatic rings. The van der Waals surface area contributed by atoms with E-state index in [0.29, 0.717) is 96.3 Å². The van der Waals surface area contributed by atoms with Gasteiger partial charge in [0.25, 0.3) is 0 Å². The van der Waals surface area contributed by atoms with Crippen molar-refractivity contribution < 1.29 is 76.4 Å². The molecule has 2 aromatic carbocycles. The molecule has 10 amide bonds. The van der Waals surface area contributed by atoms with Gasteiger partial charge < -0.3 is 76.9 Å². The number of anilines is 2. The molecule has 0 unspecified atom stereocenters. The van der Waals surface area contributed by atoms with Crippen LogP contribution in [0.1, 0.15) is 172 Å². The summed E-state index contributed by atoms with van der Waals surface area (Å²) in [4.78, 5) is 145. The zero-order valence-corrected chi connectivity index (χ0v) is 62.7. The van der Waals surface area contributed by atoms with Crippen molar-refractivity contribution in [3.05, 3.63) is 59.7 Å². The molecule has 10 N–H and O–H groups in total. The molecule has 101 heavy (non-hydrogen) atoms. The summed E-state index contributed by atoms with van der Waals surface area (Å²) in [6.45, 7) is 29.3. The van der Waals surface area contributed by atoms with Gasteiger partial charge in [0.05, 0.1) is 45.1 Å². The zero-order valence-electron chi connectivity index (χ0n) is 62.7. The first-order valence-corrected chi connectivity index (χ1v) is 34.9. The molecule has 28 nitrogen and oxygen atoms in total. The number of rotatable bonds is 47. The molecule has 0 fully saturated rings. The van der Waals surface area contributed by atoms with Crippen molar-refractivity contribution >= 4 is 76.6 Å². The van der Waals surface area contributed by atoms with Gasteiger partial charge in [-0.2, -0.15) is 0 Å². The Kier molecular flexibility index (Phi) is 46.6. The minimum Gasteiger partial charge on any atom is -0.445 e. The van der Waals surface area contributed by atoms with Crippen LogP contribution in [0.5, 0.6) is 0 Å². The van der Waals surface area contributed by atoms with Gasteiger partial charge in [-0.3, -0.25) is 43.4 Å². The maximum atomic E-state index is 13.5. The maximum absolute atomic E-state index is 13.5. The molecule has 0 bridgehead atoms. The van der Waals surface area contributed by atoms with E-state index in [-0.39, 0.29) is 137 Å². The Hall–Kier alpha value is -7.79. The number of hydrogen-bond acceptors (Lipinski definition) is 18. The minimum absolute atomic E-state index is 0. The molecule has 0 aliphatic heterocycles. The second-order valence-electron chi connectivity index (χ2n) is 27.7. The summed E-state index contributed by atoms with van der Waals surface area (Å²) in [5.41, 5.74) is 12.8. The van der Waals surface area contributed by atoms with Crippen molar-refractivity contribution in [1.29, 1.82) is 0 Å². The van der Waals surface area contributed by atoms with Crippen LogP contribution >= 0.6 is 0 Å². The normalized spacial score (nSPS) is 12.5. The van der Waals surface area contributed by atoms with Crippen LogP contribution < -0.4 is 43.4 Å².